The first-order valence-electron chi connectivity index (χ1n) is 6.45. The first-order valence-corrected chi connectivity index (χ1v) is 10.0. The molecular weight excluding hydrogens is 300 g/mol. The SMILES string of the molecule is CN(CCS)CCSCCSCCN(C)CCS. The fraction of sp³-hybridized carbons (Fsp3) is 1.00. The Balaban J connectivity index is 3.11. The molecule has 0 aliphatic carbocycles. The van der Waals surface area contributed by atoms with E-state index in [9.17, 15) is 0 Å². The summed E-state index contributed by atoms with van der Waals surface area (Å²) in [6.45, 7) is 4.55. The van der Waals surface area contributed by atoms with Crippen LogP contribution in [-0.4, -0.2) is 84.6 Å². The molecule has 0 saturated heterocycles. The third kappa shape index (κ3) is 13.7. The van der Waals surface area contributed by atoms with Gasteiger partial charge in [0.2, 0.25) is 0 Å². The lowest BCUT2D eigenvalue weighted by Crippen LogP contribution is -2.23. The molecule has 0 N–H and O–H groups in total. The zero-order valence-electron chi connectivity index (χ0n) is 11.7. The summed E-state index contributed by atoms with van der Waals surface area (Å²) < 4.78 is 0. The minimum atomic E-state index is 0.955. The summed E-state index contributed by atoms with van der Waals surface area (Å²) in [4.78, 5) is 4.69. The maximum Gasteiger partial charge on any atom is 0.00696 e. The molecule has 0 spiro atoms. The van der Waals surface area contributed by atoms with Crippen LogP contribution in [0.4, 0.5) is 0 Å². The smallest absolute Gasteiger partial charge is 0.00696 e. The average molecular weight is 329 g/mol. The van der Waals surface area contributed by atoms with Crippen LogP contribution in [0.15, 0.2) is 0 Å². The fourth-order valence-electron chi connectivity index (χ4n) is 1.33. The normalized spacial score (nSPS) is 11.7. The molecule has 0 aromatic heterocycles. The molecule has 18 heavy (non-hydrogen) atoms. The van der Waals surface area contributed by atoms with Gasteiger partial charge in [-0.2, -0.15) is 48.8 Å². The predicted octanol–water partition coefficient (Wildman–Crippen LogP) is 2.18. The van der Waals surface area contributed by atoms with Gasteiger partial charge in [-0.1, -0.05) is 0 Å². The third-order valence-corrected chi connectivity index (χ3v) is 5.16. The van der Waals surface area contributed by atoms with Gasteiger partial charge in [-0.3, -0.25) is 0 Å². The Hall–Kier alpha value is 1.32. The molecular formula is C12H28N2S4. The summed E-state index contributed by atoms with van der Waals surface area (Å²) in [6.07, 6.45) is 0. The summed E-state index contributed by atoms with van der Waals surface area (Å²) in [6, 6.07) is 0. The number of nitrogens with zero attached hydrogens (tertiary/aromatic N) is 2. The molecule has 0 rings (SSSR count). The van der Waals surface area contributed by atoms with Crippen molar-refractivity contribution in [3.8, 4) is 0 Å². The summed E-state index contributed by atoms with van der Waals surface area (Å²) in [5.41, 5.74) is 0. The summed E-state index contributed by atoms with van der Waals surface area (Å²) in [5.74, 6) is 6.94. The Kier molecular flexibility index (Phi) is 15.8. The lowest BCUT2D eigenvalue weighted by molar-refractivity contribution is 0.380. The largest absolute Gasteiger partial charge is 0.305 e. The van der Waals surface area contributed by atoms with Gasteiger partial charge < -0.3 is 9.80 Å². The minimum Gasteiger partial charge on any atom is -0.305 e. The molecule has 6 heteroatoms. The number of rotatable bonds is 13. The van der Waals surface area contributed by atoms with E-state index in [4.69, 9.17) is 0 Å². The second-order valence-corrected chi connectivity index (χ2v) is 7.62. The van der Waals surface area contributed by atoms with E-state index in [1.165, 1.54) is 36.1 Å². The maximum absolute atomic E-state index is 4.23. The fourth-order valence-corrected chi connectivity index (χ4v) is 4.24. The van der Waals surface area contributed by atoms with E-state index in [0.717, 1.165) is 24.6 Å². The highest BCUT2D eigenvalue weighted by molar-refractivity contribution is 8.02. The van der Waals surface area contributed by atoms with Crippen LogP contribution in [0, 0.1) is 0 Å². The second-order valence-electron chi connectivity index (χ2n) is 4.28. The van der Waals surface area contributed by atoms with Crippen LogP contribution in [-0.2, 0) is 0 Å². The number of thioether (sulfide) groups is 2. The Labute approximate surface area is 133 Å². The van der Waals surface area contributed by atoms with Gasteiger partial charge in [0.1, 0.15) is 0 Å². The highest BCUT2D eigenvalue weighted by atomic mass is 32.2. The van der Waals surface area contributed by atoms with Crippen molar-refractivity contribution < 1.29 is 0 Å². The lowest BCUT2D eigenvalue weighted by Gasteiger charge is -2.15. The van der Waals surface area contributed by atoms with Crippen LogP contribution in [0.25, 0.3) is 0 Å². The zero-order chi connectivity index (χ0) is 13.6. The van der Waals surface area contributed by atoms with Crippen LogP contribution in [0.2, 0.25) is 0 Å². The van der Waals surface area contributed by atoms with Crippen molar-refractivity contribution >= 4 is 48.8 Å². The van der Waals surface area contributed by atoms with Crippen LogP contribution in [0.5, 0.6) is 0 Å². The highest BCUT2D eigenvalue weighted by Crippen LogP contribution is 2.07. The topological polar surface area (TPSA) is 6.48 Å². The van der Waals surface area contributed by atoms with Crippen molar-refractivity contribution in [2.45, 2.75) is 0 Å². The maximum atomic E-state index is 4.23. The monoisotopic (exact) mass is 328 g/mol. The van der Waals surface area contributed by atoms with Gasteiger partial charge in [0, 0.05) is 60.7 Å². The lowest BCUT2D eigenvalue weighted by atomic mass is 10.6. The van der Waals surface area contributed by atoms with Gasteiger partial charge in [0.05, 0.1) is 0 Å². The quantitative estimate of drug-likeness (QED) is 0.395. The Bertz CT molecular complexity index is 154. The molecule has 0 bridgehead atoms. The standard InChI is InChI=1S/C12H28N2S4/c1-13(3-7-15)5-9-17-11-12-18-10-6-14(2)4-8-16/h15-16H,3-12H2,1-2H3. The van der Waals surface area contributed by atoms with Crippen LogP contribution in [0.3, 0.4) is 0 Å². The van der Waals surface area contributed by atoms with Crippen molar-refractivity contribution in [3.63, 3.8) is 0 Å². The molecule has 0 radical (unpaired) electrons. The molecule has 0 aliphatic heterocycles. The molecule has 110 valence electrons. The predicted molar refractivity (Wildman–Crippen MR) is 97.4 cm³/mol. The van der Waals surface area contributed by atoms with E-state index in [1.54, 1.807) is 0 Å². The van der Waals surface area contributed by atoms with Crippen LogP contribution >= 0.6 is 48.8 Å². The van der Waals surface area contributed by atoms with E-state index < -0.39 is 0 Å². The first-order chi connectivity index (χ1) is 8.70. The Morgan fingerprint density at radius 1 is 0.667 bits per heavy atom. The van der Waals surface area contributed by atoms with Crippen LogP contribution < -0.4 is 0 Å². The van der Waals surface area contributed by atoms with Gasteiger partial charge in [0.25, 0.3) is 0 Å². The summed E-state index contributed by atoms with van der Waals surface area (Å²) in [7, 11) is 4.34. The molecule has 0 amide bonds. The zero-order valence-corrected chi connectivity index (χ0v) is 15.1. The highest BCUT2D eigenvalue weighted by Gasteiger charge is 1.98. The van der Waals surface area contributed by atoms with Gasteiger partial charge >= 0.3 is 0 Å². The van der Waals surface area contributed by atoms with Crippen molar-refractivity contribution in [2.24, 2.45) is 0 Å². The number of hydrogen-bond donors (Lipinski definition) is 2. The van der Waals surface area contributed by atoms with Crippen molar-refractivity contribution in [2.75, 3.05) is 74.8 Å². The van der Waals surface area contributed by atoms with E-state index >= 15 is 0 Å². The third-order valence-electron chi connectivity index (χ3n) is 2.57. The molecule has 0 saturated carbocycles. The van der Waals surface area contributed by atoms with E-state index in [2.05, 4.69) is 72.7 Å². The summed E-state index contributed by atoms with van der Waals surface area (Å²) >= 11 is 12.6. The van der Waals surface area contributed by atoms with Crippen LogP contribution in [0.1, 0.15) is 0 Å². The Morgan fingerprint density at radius 2 is 1.06 bits per heavy atom. The molecule has 2 nitrogen and oxygen atoms in total. The van der Waals surface area contributed by atoms with E-state index in [-0.39, 0.29) is 0 Å². The first kappa shape index (κ1) is 19.3. The van der Waals surface area contributed by atoms with Crippen molar-refractivity contribution in [1.82, 2.24) is 9.80 Å². The van der Waals surface area contributed by atoms with Crippen molar-refractivity contribution in [1.29, 1.82) is 0 Å². The number of thiol groups is 2. The van der Waals surface area contributed by atoms with Gasteiger partial charge in [-0.15, -0.1) is 0 Å². The number of hydrogen-bond acceptors (Lipinski definition) is 6. The minimum absolute atomic E-state index is 0.955. The van der Waals surface area contributed by atoms with Gasteiger partial charge in [0.15, 0.2) is 0 Å². The molecule has 0 unspecified atom stereocenters. The molecule has 0 atom stereocenters. The molecule has 0 aromatic rings. The molecule has 0 aliphatic rings. The van der Waals surface area contributed by atoms with E-state index in [0.29, 0.717) is 0 Å². The van der Waals surface area contributed by atoms with E-state index in [1.807, 2.05) is 0 Å². The Morgan fingerprint density at radius 3 is 1.39 bits per heavy atom. The molecule has 0 heterocycles. The van der Waals surface area contributed by atoms with Crippen molar-refractivity contribution in [3.05, 3.63) is 0 Å². The second kappa shape index (κ2) is 14.7. The van der Waals surface area contributed by atoms with Gasteiger partial charge in [-0.25, -0.2) is 0 Å². The molecule has 0 aromatic carbocycles. The molecule has 0 fully saturated rings. The summed E-state index contributed by atoms with van der Waals surface area (Å²) in [5, 5.41) is 0. The average Bonchev–Trinajstić information content (AvgIpc) is 2.33. The van der Waals surface area contributed by atoms with Gasteiger partial charge in [-0.05, 0) is 14.1 Å².